The van der Waals surface area contributed by atoms with Crippen LogP contribution in [0.4, 0.5) is 14.5 Å². The Morgan fingerprint density at radius 1 is 0.967 bits per heavy atom. The summed E-state index contributed by atoms with van der Waals surface area (Å²) >= 11 is 6.07. The molecule has 0 aromatic heterocycles. The lowest BCUT2D eigenvalue weighted by Crippen LogP contribution is -2.41. The molecule has 6 nitrogen and oxygen atoms in total. The van der Waals surface area contributed by atoms with Gasteiger partial charge in [-0.15, -0.1) is 0 Å². The molecule has 1 aliphatic heterocycles. The number of nitrogens with zero attached hydrogens (tertiary/aromatic N) is 1. The van der Waals surface area contributed by atoms with Gasteiger partial charge >= 0.3 is 0 Å². The normalized spacial score (nSPS) is 15.8. The number of nitrogens with one attached hydrogen (secondary N) is 2. The molecule has 0 saturated carbocycles. The Bertz CT molecular complexity index is 1270. The standard InChI is InChI=1S/C20H14ClF2N3O3S/c21-13-6-2-4-8-16(13)29-19-15(23)9-10-17-18(19)25-20(26-30(17,27)28)24-11-12-5-1-3-7-14(12)22/h1-10H,11H2,(H2,24,25,26). The van der Waals surface area contributed by atoms with Gasteiger partial charge in [-0.1, -0.05) is 41.9 Å². The molecule has 1 aliphatic rings. The Morgan fingerprint density at radius 2 is 1.70 bits per heavy atom. The highest BCUT2D eigenvalue weighted by Gasteiger charge is 2.31. The molecule has 10 heteroatoms. The summed E-state index contributed by atoms with van der Waals surface area (Å²) in [6, 6.07) is 14.4. The highest BCUT2D eigenvalue weighted by Crippen LogP contribution is 2.40. The first-order valence-electron chi connectivity index (χ1n) is 8.68. The first-order chi connectivity index (χ1) is 14.3. The lowest BCUT2D eigenvalue weighted by atomic mass is 10.2. The number of rotatable bonds is 4. The Balaban J connectivity index is 1.74. The Morgan fingerprint density at radius 3 is 2.47 bits per heavy atom. The molecule has 0 bridgehead atoms. The van der Waals surface area contributed by atoms with Crippen molar-refractivity contribution in [1.82, 2.24) is 4.72 Å². The molecule has 0 unspecified atom stereocenters. The number of anilines is 1. The summed E-state index contributed by atoms with van der Waals surface area (Å²) in [5.41, 5.74) is 0.129. The fourth-order valence-corrected chi connectivity index (χ4v) is 4.12. The van der Waals surface area contributed by atoms with E-state index in [0.717, 1.165) is 12.1 Å². The van der Waals surface area contributed by atoms with Crippen molar-refractivity contribution in [3.05, 3.63) is 82.9 Å². The third kappa shape index (κ3) is 3.94. The van der Waals surface area contributed by atoms with E-state index in [4.69, 9.17) is 16.3 Å². The van der Waals surface area contributed by atoms with E-state index in [9.17, 15) is 17.2 Å². The minimum Gasteiger partial charge on any atom is -0.450 e. The maximum atomic E-state index is 14.6. The lowest BCUT2D eigenvalue weighted by Gasteiger charge is -2.24. The van der Waals surface area contributed by atoms with Gasteiger partial charge in [0.05, 0.1) is 11.6 Å². The van der Waals surface area contributed by atoms with Crippen molar-refractivity contribution in [2.24, 2.45) is 4.99 Å². The van der Waals surface area contributed by atoms with Gasteiger partial charge in [0.2, 0.25) is 5.96 Å². The molecule has 2 N–H and O–H groups in total. The van der Waals surface area contributed by atoms with E-state index in [1.807, 2.05) is 0 Å². The van der Waals surface area contributed by atoms with Gasteiger partial charge in [-0.25, -0.2) is 26.9 Å². The topological polar surface area (TPSA) is 79.8 Å². The summed E-state index contributed by atoms with van der Waals surface area (Å²) in [6.45, 7) is -0.136. The fourth-order valence-electron chi connectivity index (χ4n) is 2.81. The van der Waals surface area contributed by atoms with Gasteiger partial charge in [-0.05, 0) is 30.3 Å². The van der Waals surface area contributed by atoms with Crippen molar-refractivity contribution in [2.75, 3.05) is 5.32 Å². The highest BCUT2D eigenvalue weighted by molar-refractivity contribution is 7.90. The molecule has 0 radical (unpaired) electrons. The molecule has 30 heavy (non-hydrogen) atoms. The predicted octanol–water partition coefficient (Wildman–Crippen LogP) is 4.67. The summed E-state index contributed by atoms with van der Waals surface area (Å²) in [5.74, 6) is -1.68. The third-order valence-electron chi connectivity index (χ3n) is 4.25. The van der Waals surface area contributed by atoms with Crippen molar-refractivity contribution in [1.29, 1.82) is 0 Å². The lowest BCUT2D eigenvalue weighted by molar-refractivity contribution is 0.443. The smallest absolute Gasteiger partial charge is 0.266 e. The number of sulfonamides is 1. The van der Waals surface area contributed by atoms with Crippen LogP contribution in [0.2, 0.25) is 5.02 Å². The molecule has 4 rings (SSSR count). The van der Waals surface area contributed by atoms with Gasteiger partial charge in [0.25, 0.3) is 10.0 Å². The molecule has 0 spiro atoms. The second kappa shape index (κ2) is 7.92. The van der Waals surface area contributed by atoms with E-state index in [-0.39, 0.29) is 45.2 Å². The highest BCUT2D eigenvalue weighted by atomic mass is 35.5. The monoisotopic (exact) mass is 449 g/mol. The molecule has 0 amide bonds. The number of para-hydroxylation sites is 1. The molecule has 3 aromatic carbocycles. The van der Waals surface area contributed by atoms with E-state index < -0.39 is 21.7 Å². The van der Waals surface area contributed by atoms with Crippen molar-refractivity contribution in [2.45, 2.75) is 11.4 Å². The Labute approximate surface area is 176 Å². The predicted molar refractivity (Wildman–Crippen MR) is 109 cm³/mol. The maximum absolute atomic E-state index is 14.6. The minimum atomic E-state index is -4.06. The molecule has 0 fully saturated rings. The van der Waals surface area contributed by atoms with Gasteiger partial charge in [0, 0.05) is 5.56 Å². The minimum absolute atomic E-state index is 0.136. The zero-order valence-electron chi connectivity index (χ0n) is 15.2. The van der Waals surface area contributed by atoms with Gasteiger partial charge in [-0.2, -0.15) is 0 Å². The van der Waals surface area contributed by atoms with Crippen molar-refractivity contribution in [3.8, 4) is 11.5 Å². The summed E-state index contributed by atoms with van der Waals surface area (Å²) < 4.78 is 61.5. The van der Waals surface area contributed by atoms with Crippen LogP contribution in [-0.2, 0) is 16.6 Å². The molecule has 154 valence electrons. The van der Waals surface area contributed by atoms with E-state index in [2.05, 4.69) is 15.0 Å². The molecular formula is C20H14ClF2N3O3S. The average molecular weight is 450 g/mol. The Hall–Kier alpha value is -3.17. The molecule has 0 saturated heterocycles. The first-order valence-corrected chi connectivity index (χ1v) is 10.5. The summed E-state index contributed by atoms with van der Waals surface area (Å²) in [7, 11) is -4.06. The SMILES string of the molecule is O=S1(=O)NC(=NCc2ccccc2F)Nc2c1ccc(F)c2Oc1ccccc1Cl. The molecule has 0 atom stereocenters. The van der Waals surface area contributed by atoms with Crippen molar-refractivity contribution in [3.63, 3.8) is 0 Å². The molecular weight excluding hydrogens is 436 g/mol. The second-order valence-electron chi connectivity index (χ2n) is 6.27. The zero-order valence-corrected chi connectivity index (χ0v) is 16.8. The van der Waals surface area contributed by atoms with Gasteiger partial charge in [0.1, 0.15) is 22.1 Å². The number of hydrogen-bond acceptors (Lipinski definition) is 4. The third-order valence-corrected chi connectivity index (χ3v) is 5.94. The maximum Gasteiger partial charge on any atom is 0.266 e. The number of aliphatic imine (C=N–C) groups is 1. The average Bonchev–Trinajstić information content (AvgIpc) is 2.70. The number of ether oxygens (including phenoxy) is 1. The van der Waals surface area contributed by atoms with Crippen LogP contribution in [0.5, 0.6) is 11.5 Å². The second-order valence-corrected chi connectivity index (χ2v) is 8.33. The van der Waals surface area contributed by atoms with Gasteiger partial charge in [0.15, 0.2) is 11.6 Å². The van der Waals surface area contributed by atoms with Crippen LogP contribution in [0.15, 0.2) is 70.6 Å². The quantitative estimate of drug-likeness (QED) is 0.606. The van der Waals surface area contributed by atoms with Crippen molar-refractivity contribution < 1.29 is 21.9 Å². The van der Waals surface area contributed by atoms with Crippen LogP contribution in [0.1, 0.15) is 5.56 Å². The summed E-state index contributed by atoms with van der Waals surface area (Å²) in [5, 5.41) is 2.94. The number of benzene rings is 3. The zero-order chi connectivity index (χ0) is 21.3. The fraction of sp³-hybridized carbons (Fsp3) is 0.0500. The van der Waals surface area contributed by atoms with E-state index in [1.165, 1.54) is 24.3 Å². The van der Waals surface area contributed by atoms with Crippen molar-refractivity contribution >= 4 is 33.3 Å². The number of guanidine groups is 1. The number of fused-ring (bicyclic) bond motifs is 1. The van der Waals surface area contributed by atoms with Gasteiger partial charge in [-0.3, -0.25) is 0 Å². The molecule has 0 aliphatic carbocycles. The van der Waals surface area contributed by atoms with Gasteiger partial charge < -0.3 is 10.1 Å². The Kier molecular flexibility index (Phi) is 5.31. The molecule has 1 heterocycles. The largest absolute Gasteiger partial charge is 0.450 e. The van der Waals surface area contributed by atoms with Crippen LogP contribution in [0.3, 0.4) is 0 Å². The summed E-state index contributed by atoms with van der Waals surface area (Å²) in [6.07, 6.45) is 0. The van der Waals surface area contributed by atoms with Crippen LogP contribution < -0.4 is 14.8 Å². The van der Waals surface area contributed by atoms with Crippen LogP contribution in [0, 0.1) is 11.6 Å². The number of halogens is 3. The van der Waals surface area contributed by atoms with E-state index in [1.54, 1.807) is 24.3 Å². The first kappa shape index (κ1) is 20.1. The van der Waals surface area contributed by atoms with E-state index in [0.29, 0.717) is 0 Å². The molecule has 3 aromatic rings. The van der Waals surface area contributed by atoms with Crippen LogP contribution in [-0.4, -0.2) is 14.4 Å². The summed E-state index contributed by atoms with van der Waals surface area (Å²) in [4.78, 5) is 3.85. The number of hydrogen-bond donors (Lipinski definition) is 2. The van der Waals surface area contributed by atoms with Crippen LogP contribution >= 0.6 is 11.6 Å². The van der Waals surface area contributed by atoms with E-state index >= 15 is 0 Å². The van der Waals surface area contributed by atoms with Crippen LogP contribution in [0.25, 0.3) is 0 Å².